The largest absolute Gasteiger partial charge is 0.489 e. The van der Waals surface area contributed by atoms with Crippen LogP contribution in [0.4, 0.5) is 0 Å². The minimum absolute atomic E-state index is 0.214. The first-order valence-electron chi connectivity index (χ1n) is 9.43. The van der Waals surface area contributed by atoms with Crippen molar-refractivity contribution in [2.45, 2.75) is 39.2 Å². The Kier molecular flexibility index (Phi) is 5.06. The SMILES string of the molecule is Cc1cc(C(=O)COC(=O)c2cc(Cl)c3c(c2)OCCCO3)c(C)n1C1CC1. The van der Waals surface area contributed by atoms with Gasteiger partial charge in [0.05, 0.1) is 23.8 Å². The Labute approximate surface area is 168 Å². The lowest BCUT2D eigenvalue weighted by Gasteiger charge is -2.11. The van der Waals surface area contributed by atoms with Crippen LogP contribution >= 0.6 is 11.6 Å². The smallest absolute Gasteiger partial charge is 0.338 e. The minimum atomic E-state index is -0.623. The van der Waals surface area contributed by atoms with E-state index in [9.17, 15) is 9.59 Å². The normalized spacial score (nSPS) is 15.8. The van der Waals surface area contributed by atoms with Crippen molar-refractivity contribution in [1.82, 2.24) is 4.57 Å². The zero-order chi connectivity index (χ0) is 19.8. The lowest BCUT2D eigenvalue weighted by molar-refractivity contribution is 0.0474. The second-order valence-electron chi connectivity index (χ2n) is 7.22. The van der Waals surface area contributed by atoms with Gasteiger partial charge in [0.25, 0.3) is 0 Å². The first-order chi connectivity index (χ1) is 13.5. The van der Waals surface area contributed by atoms with Crippen LogP contribution in [0.5, 0.6) is 11.5 Å². The van der Waals surface area contributed by atoms with Crippen LogP contribution in [0.3, 0.4) is 0 Å². The molecule has 0 spiro atoms. The summed E-state index contributed by atoms with van der Waals surface area (Å²) in [5.41, 5.74) is 2.82. The van der Waals surface area contributed by atoms with E-state index in [1.807, 2.05) is 19.9 Å². The Hall–Kier alpha value is -2.47. The Bertz CT molecular complexity index is 945. The molecule has 1 saturated carbocycles. The van der Waals surface area contributed by atoms with E-state index < -0.39 is 5.97 Å². The number of aryl methyl sites for hydroxylation is 1. The van der Waals surface area contributed by atoms with E-state index in [-0.39, 0.29) is 23.0 Å². The molecule has 0 N–H and O–H groups in total. The van der Waals surface area contributed by atoms with E-state index >= 15 is 0 Å². The van der Waals surface area contributed by atoms with Crippen LogP contribution in [0.2, 0.25) is 5.02 Å². The van der Waals surface area contributed by atoms with Crippen molar-refractivity contribution in [2.24, 2.45) is 0 Å². The van der Waals surface area contributed by atoms with Gasteiger partial charge in [-0.1, -0.05) is 11.6 Å². The molecule has 6 nitrogen and oxygen atoms in total. The Morgan fingerprint density at radius 1 is 1.18 bits per heavy atom. The number of fused-ring (bicyclic) bond motifs is 1. The monoisotopic (exact) mass is 403 g/mol. The van der Waals surface area contributed by atoms with Gasteiger partial charge in [-0.05, 0) is 44.9 Å². The average molecular weight is 404 g/mol. The highest BCUT2D eigenvalue weighted by atomic mass is 35.5. The summed E-state index contributed by atoms with van der Waals surface area (Å²) >= 11 is 6.22. The van der Waals surface area contributed by atoms with Gasteiger partial charge in [0, 0.05) is 29.4 Å². The van der Waals surface area contributed by atoms with Crippen LogP contribution in [0, 0.1) is 13.8 Å². The van der Waals surface area contributed by atoms with E-state index in [0.29, 0.717) is 36.3 Å². The summed E-state index contributed by atoms with van der Waals surface area (Å²) in [5, 5.41) is 0.283. The molecule has 2 heterocycles. The first kappa shape index (κ1) is 18.9. The number of ether oxygens (including phenoxy) is 3. The van der Waals surface area contributed by atoms with Gasteiger partial charge in [0.1, 0.15) is 0 Å². The molecule has 2 aromatic rings. The second-order valence-corrected chi connectivity index (χ2v) is 7.63. The number of esters is 1. The summed E-state index contributed by atoms with van der Waals surface area (Å²) in [7, 11) is 0. The van der Waals surface area contributed by atoms with Gasteiger partial charge in [-0.15, -0.1) is 0 Å². The van der Waals surface area contributed by atoms with Gasteiger partial charge in [0.2, 0.25) is 5.78 Å². The van der Waals surface area contributed by atoms with Crippen LogP contribution in [0.25, 0.3) is 0 Å². The molecule has 1 fully saturated rings. The molecule has 0 unspecified atom stereocenters. The van der Waals surface area contributed by atoms with Gasteiger partial charge >= 0.3 is 5.97 Å². The molecule has 28 heavy (non-hydrogen) atoms. The van der Waals surface area contributed by atoms with Crippen LogP contribution < -0.4 is 9.47 Å². The summed E-state index contributed by atoms with van der Waals surface area (Å²) in [4.78, 5) is 25.0. The third kappa shape index (κ3) is 3.61. The van der Waals surface area contributed by atoms with Crippen LogP contribution in [-0.4, -0.2) is 36.1 Å². The lowest BCUT2D eigenvalue weighted by atomic mass is 10.1. The topological polar surface area (TPSA) is 66.8 Å². The van der Waals surface area contributed by atoms with Crippen LogP contribution in [0.1, 0.15) is 57.4 Å². The highest BCUT2D eigenvalue weighted by molar-refractivity contribution is 6.32. The first-order valence-corrected chi connectivity index (χ1v) is 9.81. The van der Waals surface area contributed by atoms with Gasteiger partial charge in [-0.25, -0.2) is 4.79 Å². The molecule has 1 aromatic heterocycles. The molecule has 1 aliphatic heterocycles. The van der Waals surface area contributed by atoms with E-state index in [0.717, 1.165) is 30.7 Å². The summed E-state index contributed by atoms with van der Waals surface area (Å²) in [6.07, 6.45) is 3.02. The predicted octanol–water partition coefficient (Wildman–Crippen LogP) is 4.29. The molecule has 1 aliphatic carbocycles. The number of benzene rings is 1. The number of hydrogen-bond acceptors (Lipinski definition) is 5. The Balaban J connectivity index is 1.46. The fraction of sp³-hybridized carbons (Fsp3) is 0.429. The van der Waals surface area contributed by atoms with Gasteiger partial charge in [0.15, 0.2) is 18.1 Å². The fourth-order valence-electron chi connectivity index (χ4n) is 3.59. The molecular weight excluding hydrogens is 382 g/mol. The van der Waals surface area contributed by atoms with Gasteiger partial charge in [-0.2, -0.15) is 0 Å². The fourth-order valence-corrected chi connectivity index (χ4v) is 3.86. The van der Waals surface area contributed by atoms with Gasteiger partial charge in [-0.3, -0.25) is 4.79 Å². The maximum atomic E-state index is 12.6. The predicted molar refractivity (Wildman–Crippen MR) is 104 cm³/mol. The molecule has 0 amide bonds. The van der Waals surface area contributed by atoms with E-state index in [2.05, 4.69) is 4.57 Å². The van der Waals surface area contributed by atoms with Crippen LogP contribution in [-0.2, 0) is 4.74 Å². The van der Waals surface area contributed by atoms with Crippen molar-refractivity contribution in [3.63, 3.8) is 0 Å². The molecule has 0 radical (unpaired) electrons. The number of halogens is 1. The summed E-state index contributed by atoms with van der Waals surface area (Å²) in [5.74, 6) is 0.00579. The van der Waals surface area contributed by atoms with Gasteiger partial charge < -0.3 is 18.8 Å². The summed E-state index contributed by atoms with van der Waals surface area (Å²) < 4.78 is 18.6. The molecular formula is C21H22ClNO5. The van der Waals surface area contributed by atoms with Crippen molar-refractivity contribution in [3.8, 4) is 11.5 Å². The quantitative estimate of drug-likeness (QED) is 0.550. The molecule has 148 valence electrons. The lowest BCUT2D eigenvalue weighted by Crippen LogP contribution is -2.15. The van der Waals surface area contributed by atoms with Crippen molar-refractivity contribution in [3.05, 3.63) is 45.7 Å². The molecule has 0 bridgehead atoms. The summed E-state index contributed by atoms with van der Waals surface area (Å²) in [6, 6.07) is 5.38. The van der Waals surface area contributed by atoms with Crippen LogP contribution in [0.15, 0.2) is 18.2 Å². The number of carbonyl (C=O) groups excluding carboxylic acids is 2. The number of aromatic nitrogens is 1. The van der Waals surface area contributed by atoms with Crippen molar-refractivity contribution < 1.29 is 23.8 Å². The Morgan fingerprint density at radius 3 is 2.68 bits per heavy atom. The number of carbonyl (C=O) groups is 2. The van der Waals surface area contributed by atoms with Crippen molar-refractivity contribution in [1.29, 1.82) is 0 Å². The minimum Gasteiger partial charge on any atom is -0.489 e. The molecule has 0 atom stereocenters. The second kappa shape index (κ2) is 7.51. The molecule has 4 rings (SSSR count). The van der Waals surface area contributed by atoms with Crippen molar-refractivity contribution >= 4 is 23.4 Å². The average Bonchev–Trinajstić information content (AvgIpc) is 3.47. The third-order valence-electron chi connectivity index (χ3n) is 5.07. The number of hydrogen-bond donors (Lipinski definition) is 0. The molecule has 2 aliphatic rings. The number of rotatable bonds is 5. The van der Waals surface area contributed by atoms with E-state index in [1.54, 1.807) is 0 Å². The van der Waals surface area contributed by atoms with E-state index in [4.69, 9.17) is 25.8 Å². The zero-order valence-electron chi connectivity index (χ0n) is 15.9. The highest BCUT2D eigenvalue weighted by Gasteiger charge is 2.28. The maximum Gasteiger partial charge on any atom is 0.338 e. The standard InChI is InChI=1S/C21H22ClNO5/c1-12-8-16(13(2)23(12)15-4-5-15)18(24)11-28-21(25)14-9-17(22)20-19(10-14)26-6-3-7-27-20/h8-10,15H,3-7,11H2,1-2H3. The summed E-state index contributed by atoms with van der Waals surface area (Å²) in [6.45, 7) is 4.60. The maximum absolute atomic E-state index is 12.6. The number of Topliss-reactive ketones (excluding diaryl/α,β-unsaturated/α-hetero) is 1. The molecule has 7 heteroatoms. The Morgan fingerprint density at radius 2 is 1.93 bits per heavy atom. The zero-order valence-corrected chi connectivity index (χ0v) is 16.7. The number of nitrogens with zero attached hydrogens (tertiary/aromatic N) is 1. The molecule has 1 aromatic carbocycles. The number of ketones is 1. The van der Waals surface area contributed by atoms with E-state index in [1.165, 1.54) is 12.1 Å². The highest BCUT2D eigenvalue weighted by Crippen LogP contribution is 2.39. The van der Waals surface area contributed by atoms with Crippen molar-refractivity contribution in [2.75, 3.05) is 19.8 Å². The molecule has 0 saturated heterocycles. The third-order valence-corrected chi connectivity index (χ3v) is 5.35.